The van der Waals surface area contributed by atoms with E-state index < -0.39 is 0 Å². The lowest BCUT2D eigenvalue weighted by Crippen LogP contribution is -2.05. The number of aromatic hydroxyl groups is 1. The van der Waals surface area contributed by atoms with Crippen LogP contribution in [0.2, 0.25) is 0 Å². The van der Waals surface area contributed by atoms with Crippen LogP contribution in [0.4, 0.5) is 5.69 Å². The van der Waals surface area contributed by atoms with Gasteiger partial charge in [-0.05, 0) is 53.6 Å². The summed E-state index contributed by atoms with van der Waals surface area (Å²) in [5.74, 6) is 0.225. The van der Waals surface area contributed by atoms with Crippen LogP contribution in [0.3, 0.4) is 0 Å². The summed E-state index contributed by atoms with van der Waals surface area (Å²) in [6.45, 7) is 6.38. The van der Waals surface area contributed by atoms with E-state index in [1.54, 1.807) is 0 Å². The first-order chi connectivity index (χ1) is 16.1. The van der Waals surface area contributed by atoms with Crippen LogP contribution in [0.15, 0.2) is 96.0 Å². The van der Waals surface area contributed by atoms with Gasteiger partial charge in [0.25, 0.3) is 0 Å². The molecular formula is C31H31NO. The van der Waals surface area contributed by atoms with Crippen LogP contribution in [-0.4, -0.2) is 11.3 Å². The van der Waals surface area contributed by atoms with Crippen LogP contribution in [0, 0.1) is 6.92 Å². The van der Waals surface area contributed by atoms with Crippen molar-refractivity contribution < 1.29 is 5.11 Å². The molecule has 0 fully saturated rings. The molecule has 0 saturated heterocycles. The Bertz CT molecular complexity index is 1180. The first kappa shape index (κ1) is 22.5. The average molecular weight is 434 g/mol. The highest BCUT2D eigenvalue weighted by atomic mass is 16.3. The van der Waals surface area contributed by atoms with E-state index in [0.29, 0.717) is 0 Å². The molecule has 0 unspecified atom stereocenters. The Hall–Kier alpha value is -3.65. The number of phenolic OH excluding ortho intramolecular Hbond substituents is 1. The Balaban J connectivity index is 1.84. The molecule has 4 aromatic rings. The largest absolute Gasteiger partial charge is 0.507 e. The highest BCUT2D eigenvalue weighted by molar-refractivity contribution is 5.87. The third-order valence-corrected chi connectivity index (χ3v) is 6.19. The van der Waals surface area contributed by atoms with Crippen molar-refractivity contribution in [3.63, 3.8) is 0 Å². The minimum absolute atomic E-state index is 0.0615. The van der Waals surface area contributed by atoms with Crippen molar-refractivity contribution in [2.45, 2.75) is 39.5 Å². The predicted octanol–water partition coefficient (Wildman–Crippen LogP) is 7.76. The number of para-hydroxylation sites is 1. The van der Waals surface area contributed by atoms with Crippen molar-refractivity contribution >= 4 is 11.9 Å². The second-order valence-electron chi connectivity index (χ2n) is 8.44. The van der Waals surface area contributed by atoms with Crippen LogP contribution >= 0.6 is 0 Å². The van der Waals surface area contributed by atoms with Gasteiger partial charge >= 0.3 is 0 Å². The first-order valence-corrected chi connectivity index (χ1v) is 11.7. The number of aliphatic imine (C=N–C) groups is 1. The number of hydrogen-bond donors (Lipinski definition) is 1. The van der Waals surface area contributed by atoms with Crippen molar-refractivity contribution in [2.75, 3.05) is 0 Å². The second-order valence-corrected chi connectivity index (χ2v) is 8.44. The zero-order chi connectivity index (χ0) is 23.2. The molecular weight excluding hydrogens is 402 g/mol. The van der Waals surface area contributed by atoms with Crippen molar-refractivity contribution in [2.24, 2.45) is 4.99 Å². The highest BCUT2D eigenvalue weighted by Crippen LogP contribution is 2.39. The van der Waals surface area contributed by atoms with Gasteiger partial charge in [0.2, 0.25) is 0 Å². The van der Waals surface area contributed by atoms with E-state index in [-0.39, 0.29) is 11.7 Å². The summed E-state index contributed by atoms with van der Waals surface area (Å²) < 4.78 is 0. The third-order valence-electron chi connectivity index (χ3n) is 6.19. The molecule has 0 aromatic heterocycles. The van der Waals surface area contributed by atoms with E-state index in [0.717, 1.165) is 46.3 Å². The van der Waals surface area contributed by atoms with Gasteiger partial charge in [0, 0.05) is 23.3 Å². The van der Waals surface area contributed by atoms with Crippen LogP contribution in [0.1, 0.15) is 58.7 Å². The minimum Gasteiger partial charge on any atom is -0.507 e. The average Bonchev–Trinajstić information content (AvgIpc) is 2.86. The number of rotatable bonds is 7. The van der Waals surface area contributed by atoms with Gasteiger partial charge < -0.3 is 5.11 Å². The van der Waals surface area contributed by atoms with Crippen molar-refractivity contribution in [1.82, 2.24) is 0 Å². The number of benzene rings is 4. The monoisotopic (exact) mass is 433 g/mol. The van der Waals surface area contributed by atoms with E-state index in [4.69, 9.17) is 4.99 Å². The SMILES string of the molecule is CCc1cccc(CC)c1N=Cc1cc(C)cc(C(c2ccccc2)c2ccccc2)c1O. The molecule has 166 valence electrons. The van der Waals surface area contributed by atoms with E-state index in [9.17, 15) is 5.11 Å². The Morgan fingerprint density at radius 2 is 1.30 bits per heavy atom. The fraction of sp³-hybridized carbons (Fsp3) is 0.194. The van der Waals surface area contributed by atoms with Gasteiger partial charge in [0.15, 0.2) is 0 Å². The standard InChI is InChI=1S/C31H31NO/c1-4-23-17-12-18-24(5-2)30(23)32-21-27-19-22(3)20-28(31(27)33)29(25-13-8-6-9-14-25)26-15-10-7-11-16-26/h6-21,29,33H,4-5H2,1-3H3. The quantitative estimate of drug-likeness (QED) is 0.234. The zero-order valence-corrected chi connectivity index (χ0v) is 19.6. The van der Waals surface area contributed by atoms with Crippen LogP contribution < -0.4 is 0 Å². The van der Waals surface area contributed by atoms with Crippen molar-refractivity contribution in [3.8, 4) is 5.75 Å². The molecule has 4 rings (SSSR count). The van der Waals surface area contributed by atoms with Gasteiger partial charge in [0.05, 0.1) is 5.69 Å². The molecule has 0 atom stereocenters. The van der Waals surface area contributed by atoms with E-state index in [1.807, 2.05) is 24.4 Å². The van der Waals surface area contributed by atoms with E-state index in [2.05, 4.69) is 93.6 Å². The molecule has 33 heavy (non-hydrogen) atoms. The summed E-state index contributed by atoms with van der Waals surface area (Å²) in [5.41, 5.74) is 8.51. The number of nitrogens with zero attached hydrogens (tertiary/aromatic N) is 1. The molecule has 1 N–H and O–H groups in total. The summed E-state index contributed by atoms with van der Waals surface area (Å²) in [5, 5.41) is 11.4. The summed E-state index contributed by atoms with van der Waals surface area (Å²) in [6.07, 6.45) is 3.68. The van der Waals surface area contributed by atoms with Gasteiger partial charge in [-0.25, -0.2) is 0 Å². The number of aryl methyl sites for hydroxylation is 3. The first-order valence-electron chi connectivity index (χ1n) is 11.7. The third kappa shape index (κ3) is 4.90. The maximum absolute atomic E-state index is 11.4. The minimum atomic E-state index is -0.0615. The molecule has 0 heterocycles. The van der Waals surface area contributed by atoms with Crippen molar-refractivity contribution in [3.05, 3.63) is 130 Å². The summed E-state index contributed by atoms with van der Waals surface area (Å²) >= 11 is 0. The molecule has 0 aliphatic heterocycles. The van der Waals surface area contributed by atoms with Crippen molar-refractivity contribution in [1.29, 1.82) is 0 Å². The van der Waals surface area contributed by atoms with Gasteiger partial charge in [-0.15, -0.1) is 0 Å². The van der Waals surface area contributed by atoms with Gasteiger partial charge in [-0.3, -0.25) is 4.99 Å². The summed E-state index contributed by atoms with van der Waals surface area (Å²) in [6, 6.07) is 31.2. The molecule has 0 bridgehead atoms. The van der Waals surface area contributed by atoms with Crippen LogP contribution in [0.5, 0.6) is 5.75 Å². The zero-order valence-electron chi connectivity index (χ0n) is 19.6. The molecule has 0 saturated carbocycles. The smallest absolute Gasteiger partial charge is 0.128 e. The topological polar surface area (TPSA) is 32.6 Å². The second kappa shape index (κ2) is 10.3. The normalized spacial score (nSPS) is 11.4. The van der Waals surface area contributed by atoms with Crippen LogP contribution in [0.25, 0.3) is 0 Å². The fourth-order valence-corrected chi connectivity index (χ4v) is 4.51. The maximum Gasteiger partial charge on any atom is 0.128 e. The molecule has 4 aromatic carbocycles. The fourth-order valence-electron chi connectivity index (χ4n) is 4.51. The number of phenols is 1. The Labute approximate surface area is 197 Å². The maximum atomic E-state index is 11.4. The molecule has 2 heteroatoms. The molecule has 0 amide bonds. The molecule has 0 radical (unpaired) electrons. The summed E-state index contributed by atoms with van der Waals surface area (Å²) in [4.78, 5) is 4.88. The van der Waals surface area contributed by atoms with Gasteiger partial charge in [-0.1, -0.05) is 98.8 Å². The molecule has 0 spiro atoms. The Kier molecular flexibility index (Phi) is 7.04. The Morgan fingerprint density at radius 1 is 0.758 bits per heavy atom. The number of hydrogen-bond acceptors (Lipinski definition) is 2. The molecule has 0 aliphatic rings. The Morgan fingerprint density at radius 3 is 1.82 bits per heavy atom. The lowest BCUT2D eigenvalue weighted by molar-refractivity contribution is 0.466. The van der Waals surface area contributed by atoms with E-state index >= 15 is 0 Å². The lowest BCUT2D eigenvalue weighted by atomic mass is 9.83. The predicted molar refractivity (Wildman–Crippen MR) is 139 cm³/mol. The van der Waals surface area contributed by atoms with E-state index in [1.165, 1.54) is 11.1 Å². The molecule has 2 nitrogen and oxygen atoms in total. The lowest BCUT2D eigenvalue weighted by Gasteiger charge is -2.21. The summed E-state index contributed by atoms with van der Waals surface area (Å²) in [7, 11) is 0. The highest BCUT2D eigenvalue weighted by Gasteiger charge is 2.21. The van der Waals surface area contributed by atoms with Crippen LogP contribution in [-0.2, 0) is 12.8 Å². The van der Waals surface area contributed by atoms with Gasteiger partial charge in [0.1, 0.15) is 5.75 Å². The van der Waals surface area contributed by atoms with Gasteiger partial charge in [-0.2, -0.15) is 0 Å². The molecule has 0 aliphatic carbocycles.